The Balaban J connectivity index is 1.46. The van der Waals surface area contributed by atoms with Crippen LogP contribution in [0, 0.1) is 5.92 Å². The van der Waals surface area contributed by atoms with E-state index in [1.807, 2.05) is 0 Å². The highest BCUT2D eigenvalue weighted by Gasteiger charge is 2.21. The average molecular weight is 378 g/mol. The van der Waals surface area contributed by atoms with E-state index >= 15 is 0 Å². The van der Waals surface area contributed by atoms with E-state index in [1.165, 1.54) is 47.9 Å². The quantitative estimate of drug-likeness (QED) is 0.852. The fourth-order valence-electron chi connectivity index (χ4n) is 3.84. The monoisotopic (exact) mass is 377 g/mol. The number of aromatic nitrogens is 3. The van der Waals surface area contributed by atoms with Gasteiger partial charge < -0.3 is 14.9 Å². The van der Waals surface area contributed by atoms with Gasteiger partial charge in [-0.3, -0.25) is 9.36 Å². The number of aliphatic hydroxyl groups is 1. The molecule has 2 aromatic rings. The van der Waals surface area contributed by atoms with Gasteiger partial charge in [-0.25, -0.2) is 4.98 Å². The van der Waals surface area contributed by atoms with Gasteiger partial charge in [0.1, 0.15) is 11.0 Å². The molecule has 0 bridgehead atoms. The number of rotatable bonds is 5. The first-order valence-corrected chi connectivity index (χ1v) is 10.4. The third-order valence-corrected chi connectivity index (χ3v) is 6.60. The highest BCUT2D eigenvalue weighted by Crippen LogP contribution is 2.27. The maximum absolute atomic E-state index is 12.8. The number of β-amino-alcohol motifs (C(OH)–C–C–N with tert-alkyl or cyclic N) is 1. The van der Waals surface area contributed by atoms with E-state index in [4.69, 9.17) is 0 Å². The molecule has 2 aliphatic heterocycles. The van der Waals surface area contributed by atoms with Crippen LogP contribution in [0.4, 0.5) is 5.13 Å². The molecule has 142 valence electrons. The summed E-state index contributed by atoms with van der Waals surface area (Å²) in [5.74, 6) is 0.772. The van der Waals surface area contributed by atoms with Crippen LogP contribution in [0.1, 0.15) is 32.6 Å². The number of anilines is 1. The molecule has 2 aromatic heterocycles. The van der Waals surface area contributed by atoms with Gasteiger partial charge in [0.05, 0.1) is 12.6 Å². The molecule has 26 heavy (non-hydrogen) atoms. The number of likely N-dealkylation sites (tertiary alicyclic amines) is 1. The first kappa shape index (κ1) is 17.9. The number of hydrogen-bond acceptors (Lipinski definition) is 7. The maximum Gasteiger partial charge on any atom is 0.273 e. The van der Waals surface area contributed by atoms with Crippen molar-refractivity contribution in [2.45, 2.75) is 45.3 Å². The van der Waals surface area contributed by atoms with Gasteiger partial charge in [-0.15, -0.1) is 0 Å². The van der Waals surface area contributed by atoms with E-state index in [2.05, 4.69) is 26.7 Å². The minimum atomic E-state index is -0.564. The van der Waals surface area contributed by atoms with Crippen LogP contribution < -0.4 is 10.5 Å². The summed E-state index contributed by atoms with van der Waals surface area (Å²) in [6.45, 7) is 7.22. The zero-order chi connectivity index (χ0) is 18.1. The fraction of sp³-hybridized carbons (Fsp3) is 0.722. The Morgan fingerprint density at radius 3 is 2.69 bits per heavy atom. The average Bonchev–Trinajstić information content (AvgIpc) is 3.29. The molecule has 2 fully saturated rings. The molecule has 0 aliphatic carbocycles. The summed E-state index contributed by atoms with van der Waals surface area (Å²) in [5, 5.41) is 11.3. The lowest BCUT2D eigenvalue weighted by molar-refractivity contribution is 0.0794. The molecule has 4 rings (SSSR count). The minimum absolute atomic E-state index is 0.0933. The minimum Gasteiger partial charge on any atom is -0.390 e. The van der Waals surface area contributed by atoms with Crippen molar-refractivity contribution in [3.8, 4) is 0 Å². The Bertz CT molecular complexity index is 806. The number of piperidine rings is 1. The summed E-state index contributed by atoms with van der Waals surface area (Å²) in [6, 6.07) is 0. The highest BCUT2D eigenvalue weighted by atomic mass is 32.1. The topological polar surface area (TPSA) is 74.5 Å². The molecular formula is C18H27N5O2S. The number of thiazole rings is 1. The number of aliphatic hydroxyl groups excluding tert-OH is 1. The third kappa shape index (κ3) is 3.77. The maximum atomic E-state index is 12.8. The van der Waals surface area contributed by atoms with Crippen molar-refractivity contribution < 1.29 is 5.11 Å². The molecule has 0 saturated carbocycles. The fourth-order valence-corrected chi connectivity index (χ4v) is 4.86. The van der Waals surface area contributed by atoms with E-state index in [-0.39, 0.29) is 12.1 Å². The lowest BCUT2D eigenvalue weighted by Crippen LogP contribution is -2.40. The van der Waals surface area contributed by atoms with E-state index in [0.717, 1.165) is 37.2 Å². The SMILES string of the molecule is CC1CCN(C[C@H](O)Cn2cnc3nc(N4CCCC4)sc3c2=O)CC1. The number of hydrogen-bond donors (Lipinski definition) is 1. The third-order valence-electron chi connectivity index (χ3n) is 5.50. The van der Waals surface area contributed by atoms with Crippen LogP contribution in [-0.2, 0) is 6.54 Å². The molecule has 0 unspecified atom stereocenters. The first-order valence-electron chi connectivity index (χ1n) is 9.61. The van der Waals surface area contributed by atoms with E-state index in [0.29, 0.717) is 16.9 Å². The summed E-state index contributed by atoms with van der Waals surface area (Å²) in [5.41, 5.74) is 0.432. The predicted octanol–water partition coefficient (Wildman–Crippen LogP) is 1.55. The van der Waals surface area contributed by atoms with Crippen molar-refractivity contribution in [1.82, 2.24) is 19.4 Å². The first-order chi connectivity index (χ1) is 12.6. The largest absolute Gasteiger partial charge is 0.390 e. The van der Waals surface area contributed by atoms with Crippen LogP contribution in [0.2, 0.25) is 0 Å². The predicted molar refractivity (Wildman–Crippen MR) is 104 cm³/mol. The van der Waals surface area contributed by atoms with E-state index < -0.39 is 6.10 Å². The lowest BCUT2D eigenvalue weighted by atomic mass is 9.99. The van der Waals surface area contributed by atoms with Gasteiger partial charge in [0.25, 0.3) is 5.56 Å². The van der Waals surface area contributed by atoms with Gasteiger partial charge in [0.15, 0.2) is 10.8 Å². The van der Waals surface area contributed by atoms with Gasteiger partial charge >= 0.3 is 0 Å². The zero-order valence-electron chi connectivity index (χ0n) is 15.3. The molecule has 2 saturated heterocycles. The van der Waals surface area contributed by atoms with Crippen molar-refractivity contribution in [1.29, 1.82) is 0 Å². The van der Waals surface area contributed by atoms with Crippen molar-refractivity contribution in [2.75, 3.05) is 37.6 Å². The van der Waals surface area contributed by atoms with Crippen LogP contribution in [0.3, 0.4) is 0 Å². The second-order valence-corrected chi connectivity index (χ2v) is 8.66. The summed E-state index contributed by atoms with van der Waals surface area (Å²) >= 11 is 1.43. The zero-order valence-corrected chi connectivity index (χ0v) is 16.1. The Morgan fingerprint density at radius 2 is 1.96 bits per heavy atom. The highest BCUT2D eigenvalue weighted by molar-refractivity contribution is 7.22. The van der Waals surface area contributed by atoms with Gasteiger partial charge in [0.2, 0.25) is 0 Å². The second-order valence-electron chi connectivity index (χ2n) is 7.68. The van der Waals surface area contributed by atoms with Gasteiger partial charge in [-0.2, -0.15) is 4.98 Å². The van der Waals surface area contributed by atoms with Crippen molar-refractivity contribution in [2.24, 2.45) is 5.92 Å². The van der Waals surface area contributed by atoms with Crippen LogP contribution in [0.15, 0.2) is 11.1 Å². The molecule has 0 spiro atoms. The second kappa shape index (κ2) is 7.62. The molecule has 4 heterocycles. The smallest absolute Gasteiger partial charge is 0.273 e. The lowest BCUT2D eigenvalue weighted by Gasteiger charge is -2.31. The Labute approximate surface area is 157 Å². The Hall–Kier alpha value is -1.51. The summed E-state index contributed by atoms with van der Waals surface area (Å²) < 4.78 is 2.12. The molecule has 7 nitrogen and oxygen atoms in total. The summed E-state index contributed by atoms with van der Waals surface area (Å²) in [4.78, 5) is 26.2. The van der Waals surface area contributed by atoms with Crippen LogP contribution >= 0.6 is 11.3 Å². The molecule has 2 aliphatic rings. The normalized spacial score (nSPS) is 20.9. The molecular weight excluding hydrogens is 350 g/mol. The van der Waals surface area contributed by atoms with Crippen molar-refractivity contribution >= 4 is 26.8 Å². The van der Waals surface area contributed by atoms with Gasteiger partial charge in [0, 0.05) is 19.6 Å². The van der Waals surface area contributed by atoms with E-state index in [1.54, 1.807) is 0 Å². The van der Waals surface area contributed by atoms with Crippen LogP contribution in [0.5, 0.6) is 0 Å². The number of nitrogens with zero attached hydrogens (tertiary/aromatic N) is 5. The Morgan fingerprint density at radius 1 is 1.23 bits per heavy atom. The standard InChI is InChI=1S/C18H27N5O2S/c1-13-4-8-21(9-5-13)10-14(24)11-23-12-19-16-15(17(23)25)26-18(20-16)22-6-2-3-7-22/h12-14,24H,2-11H2,1H3/t14-/m0/s1. The molecule has 0 radical (unpaired) electrons. The molecule has 0 amide bonds. The molecule has 1 atom stereocenters. The Kier molecular flexibility index (Phi) is 5.24. The number of fused-ring (bicyclic) bond motifs is 1. The molecule has 8 heteroatoms. The van der Waals surface area contributed by atoms with Crippen molar-refractivity contribution in [3.63, 3.8) is 0 Å². The van der Waals surface area contributed by atoms with E-state index in [9.17, 15) is 9.90 Å². The molecule has 1 N–H and O–H groups in total. The van der Waals surface area contributed by atoms with Crippen molar-refractivity contribution in [3.05, 3.63) is 16.7 Å². The summed E-state index contributed by atoms with van der Waals surface area (Å²) in [6.07, 6.45) is 5.68. The van der Waals surface area contributed by atoms with Crippen LogP contribution in [0.25, 0.3) is 10.3 Å². The van der Waals surface area contributed by atoms with Crippen LogP contribution in [-0.4, -0.2) is 63.4 Å². The van der Waals surface area contributed by atoms with Gasteiger partial charge in [-0.1, -0.05) is 18.3 Å². The van der Waals surface area contributed by atoms with Gasteiger partial charge in [-0.05, 0) is 44.7 Å². The molecule has 0 aromatic carbocycles. The summed E-state index contributed by atoms with van der Waals surface area (Å²) in [7, 11) is 0.